The molecule has 0 fully saturated rings. The van der Waals surface area contributed by atoms with Crippen molar-refractivity contribution in [3.63, 3.8) is 0 Å². The van der Waals surface area contributed by atoms with Gasteiger partial charge < -0.3 is 9.47 Å². The second-order valence-corrected chi connectivity index (χ2v) is 4.96. The van der Waals surface area contributed by atoms with Crippen LogP contribution in [0.1, 0.15) is 25.0 Å². The Morgan fingerprint density at radius 2 is 1.21 bits per heavy atom. The van der Waals surface area contributed by atoms with Gasteiger partial charge in [-0.15, -0.1) is 0 Å². The number of ether oxygens (including phenoxy) is 2. The lowest BCUT2D eigenvalue weighted by Gasteiger charge is -2.06. The van der Waals surface area contributed by atoms with E-state index in [0.717, 1.165) is 21.9 Å². The van der Waals surface area contributed by atoms with Crippen LogP contribution in [0.15, 0.2) is 48.6 Å². The van der Waals surface area contributed by atoms with E-state index in [4.69, 9.17) is 9.47 Å². The molecule has 2 aromatic rings. The van der Waals surface area contributed by atoms with Crippen molar-refractivity contribution in [2.24, 2.45) is 0 Å². The fourth-order valence-corrected chi connectivity index (χ4v) is 2.33. The molecule has 0 spiro atoms. The summed E-state index contributed by atoms with van der Waals surface area (Å²) < 4.78 is 9.80. The molecule has 4 heteroatoms. The molecular weight excluding hydrogens is 304 g/mol. The highest BCUT2D eigenvalue weighted by Gasteiger charge is 2.04. The molecule has 2 aromatic carbocycles. The van der Waals surface area contributed by atoms with Gasteiger partial charge in [0.2, 0.25) is 0 Å². The van der Waals surface area contributed by atoms with Gasteiger partial charge in [0.15, 0.2) is 0 Å². The van der Waals surface area contributed by atoms with Crippen LogP contribution in [0.25, 0.3) is 22.9 Å². The summed E-state index contributed by atoms with van der Waals surface area (Å²) in [4.78, 5) is 23.0. The molecule has 0 aromatic heterocycles. The van der Waals surface area contributed by atoms with E-state index < -0.39 is 0 Å². The minimum absolute atomic E-state index is 0.349. The molecule has 2 rings (SSSR count). The van der Waals surface area contributed by atoms with Crippen LogP contribution in [0.4, 0.5) is 0 Å². The van der Waals surface area contributed by atoms with Crippen molar-refractivity contribution in [1.29, 1.82) is 0 Å². The first-order valence-corrected chi connectivity index (χ1v) is 7.87. The highest BCUT2D eigenvalue weighted by molar-refractivity contribution is 6.00. The lowest BCUT2D eigenvalue weighted by molar-refractivity contribution is -0.138. The van der Waals surface area contributed by atoms with Gasteiger partial charge in [-0.3, -0.25) is 0 Å². The summed E-state index contributed by atoms with van der Waals surface area (Å²) in [6.07, 6.45) is 6.30. The third-order valence-corrected chi connectivity index (χ3v) is 3.36. The van der Waals surface area contributed by atoms with Gasteiger partial charge in [0.25, 0.3) is 0 Å². The van der Waals surface area contributed by atoms with Crippen molar-refractivity contribution >= 4 is 34.9 Å². The maximum atomic E-state index is 11.5. The number of hydrogen-bond donors (Lipinski definition) is 0. The Balaban J connectivity index is 2.36. The van der Waals surface area contributed by atoms with Crippen LogP contribution >= 0.6 is 0 Å². The number of fused-ring (bicyclic) bond motifs is 1. The number of benzene rings is 2. The van der Waals surface area contributed by atoms with Gasteiger partial charge in [0.05, 0.1) is 13.2 Å². The fourth-order valence-electron chi connectivity index (χ4n) is 2.33. The fraction of sp³-hybridized carbons (Fsp3) is 0.200. The molecule has 0 amide bonds. The van der Waals surface area contributed by atoms with E-state index in [0.29, 0.717) is 13.2 Å². The Bertz CT molecular complexity index is 721. The molecule has 0 aliphatic rings. The van der Waals surface area contributed by atoms with Crippen molar-refractivity contribution < 1.29 is 19.1 Å². The first-order chi connectivity index (χ1) is 11.7. The zero-order chi connectivity index (χ0) is 17.4. The Hall–Kier alpha value is -2.88. The van der Waals surface area contributed by atoms with E-state index >= 15 is 0 Å². The largest absolute Gasteiger partial charge is 0.463 e. The van der Waals surface area contributed by atoms with Crippen molar-refractivity contribution in [2.75, 3.05) is 13.2 Å². The van der Waals surface area contributed by atoms with Crippen LogP contribution in [0.2, 0.25) is 0 Å². The lowest BCUT2D eigenvalue weighted by Crippen LogP contribution is -1.99. The van der Waals surface area contributed by atoms with Crippen molar-refractivity contribution in [1.82, 2.24) is 0 Å². The SMILES string of the molecule is CCOC(=O)C=Cc1ccc(C=CC(=O)OCC)c2ccccc12. The van der Waals surface area contributed by atoms with Gasteiger partial charge in [-0.1, -0.05) is 36.4 Å². The number of carbonyl (C=O) groups is 2. The van der Waals surface area contributed by atoms with Crippen LogP contribution in [-0.4, -0.2) is 25.2 Å². The molecule has 124 valence electrons. The normalized spacial score (nSPS) is 11.2. The average molecular weight is 324 g/mol. The zero-order valence-corrected chi connectivity index (χ0v) is 13.8. The highest BCUT2D eigenvalue weighted by Crippen LogP contribution is 2.25. The Labute approximate surface area is 141 Å². The first kappa shape index (κ1) is 17.5. The summed E-state index contributed by atoms with van der Waals surface area (Å²) in [5.74, 6) is -0.735. The Morgan fingerprint density at radius 3 is 1.58 bits per heavy atom. The van der Waals surface area contributed by atoms with Gasteiger partial charge in [-0.2, -0.15) is 0 Å². The van der Waals surface area contributed by atoms with Crippen LogP contribution in [0.3, 0.4) is 0 Å². The van der Waals surface area contributed by atoms with Crippen molar-refractivity contribution in [3.8, 4) is 0 Å². The summed E-state index contributed by atoms with van der Waals surface area (Å²) in [5.41, 5.74) is 1.82. The first-order valence-electron chi connectivity index (χ1n) is 7.87. The van der Waals surface area contributed by atoms with E-state index in [1.807, 2.05) is 36.4 Å². The van der Waals surface area contributed by atoms with E-state index in [2.05, 4.69) is 0 Å². The number of rotatable bonds is 6. The van der Waals surface area contributed by atoms with Crippen LogP contribution < -0.4 is 0 Å². The monoisotopic (exact) mass is 324 g/mol. The molecule has 0 aliphatic heterocycles. The van der Waals surface area contributed by atoms with Crippen molar-refractivity contribution in [3.05, 3.63) is 59.7 Å². The molecule has 24 heavy (non-hydrogen) atoms. The Kier molecular flexibility index (Phi) is 6.32. The number of esters is 2. The van der Waals surface area contributed by atoms with E-state index in [1.54, 1.807) is 26.0 Å². The maximum Gasteiger partial charge on any atom is 0.330 e. The molecule has 0 atom stereocenters. The standard InChI is InChI=1S/C20H20O4/c1-3-23-19(21)13-11-15-9-10-16(12-14-20(22)24-4-2)18-8-6-5-7-17(15)18/h5-14H,3-4H2,1-2H3. The summed E-state index contributed by atoms with van der Waals surface area (Å²) >= 11 is 0. The predicted molar refractivity (Wildman–Crippen MR) is 95.3 cm³/mol. The van der Waals surface area contributed by atoms with Gasteiger partial charge in [-0.25, -0.2) is 9.59 Å². The molecule has 0 unspecified atom stereocenters. The third kappa shape index (κ3) is 4.56. The van der Waals surface area contributed by atoms with Crippen molar-refractivity contribution in [2.45, 2.75) is 13.8 Å². The van der Waals surface area contributed by atoms with E-state index in [1.165, 1.54) is 12.2 Å². The summed E-state index contributed by atoms with van der Waals surface area (Å²) in [6, 6.07) is 11.6. The predicted octanol–water partition coefficient (Wildman–Crippen LogP) is 3.99. The van der Waals surface area contributed by atoms with E-state index in [-0.39, 0.29) is 11.9 Å². The van der Waals surface area contributed by atoms with Gasteiger partial charge in [0.1, 0.15) is 0 Å². The number of hydrogen-bond acceptors (Lipinski definition) is 4. The average Bonchev–Trinajstić information content (AvgIpc) is 2.59. The highest BCUT2D eigenvalue weighted by atomic mass is 16.5. The summed E-state index contributed by atoms with van der Waals surface area (Å²) in [7, 11) is 0. The van der Waals surface area contributed by atoms with Gasteiger partial charge in [-0.05, 0) is 47.9 Å². The van der Waals surface area contributed by atoms with Crippen LogP contribution in [-0.2, 0) is 19.1 Å². The molecule has 0 saturated heterocycles. The minimum Gasteiger partial charge on any atom is -0.463 e. The molecular formula is C20H20O4. The van der Waals surface area contributed by atoms with Crippen LogP contribution in [0, 0.1) is 0 Å². The molecule has 0 aliphatic carbocycles. The second kappa shape index (κ2) is 8.67. The quantitative estimate of drug-likeness (QED) is 0.595. The topological polar surface area (TPSA) is 52.6 Å². The smallest absolute Gasteiger partial charge is 0.330 e. The molecule has 0 radical (unpaired) electrons. The molecule has 0 heterocycles. The maximum absolute atomic E-state index is 11.5. The second-order valence-electron chi connectivity index (χ2n) is 4.96. The third-order valence-electron chi connectivity index (χ3n) is 3.36. The molecule has 0 bridgehead atoms. The van der Waals surface area contributed by atoms with Gasteiger partial charge in [0, 0.05) is 12.2 Å². The Morgan fingerprint density at radius 1 is 0.792 bits per heavy atom. The van der Waals surface area contributed by atoms with Gasteiger partial charge >= 0.3 is 11.9 Å². The minimum atomic E-state index is -0.368. The number of carbonyl (C=O) groups excluding carboxylic acids is 2. The van der Waals surface area contributed by atoms with Crippen LogP contribution in [0.5, 0.6) is 0 Å². The summed E-state index contributed by atoms with van der Waals surface area (Å²) in [5, 5.41) is 1.98. The summed E-state index contributed by atoms with van der Waals surface area (Å²) in [6.45, 7) is 4.24. The van der Waals surface area contributed by atoms with E-state index in [9.17, 15) is 9.59 Å². The zero-order valence-electron chi connectivity index (χ0n) is 13.8. The lowest BCUT2D eigenvalue weighted by atomic mass is 9.99. The molecule has 0 saturated carbocycles. The molecule has 0 N–H and O–H groups in total. The molecule has 4 nitrogen and oxygen atoms in total.